The molecule has 12 heteroatoms. The number of nitrogen functional groups attached to an aromatic ring is 2. The van der Waals surface area contributed by atoms with Crippen molar-refractivity contribution in [2.75, 3.05) is 11.5 Å². The number of hydrogen-bond acceptors (Lipinski definition) is 10. The zero-order chi connectivity index (χ0) is 23.7. The van der Waals surface area contributed by atoms with Crippen LogP contribution in [0.2, 0.25) is 0 Å². The van der Waals surface area contributed by atoms with Gasteiger partial charge in [-0.2, -0.15) is 19.6 Å². The molecule has 0 saturated heterocycles. The predicted molar refractivity (Wildman–Crippen MR) is 127 cm³/mol. The maximum absolute atomic E-state index is 5.82. The van der Waals surface area contributed by atoms with Crippen molar-refractivity contribution >= 4 is 33.7 Å². The second-order valence-corrected chi connectivity index (χ2v) is 7.29. The van der Waals surface area contributed by atoms with E-state index in [1.54, 1.807) is 21.8 Å². The molecular formula is C22H20N12. The van der Waals surface area contributed by atoms with Crippen LogP contribution < -0.4 is 11.5 Å². The van der Waals surface area contributed by atoms with Crippen LogP contribution >= 0.6 is 0 Å². The van der Waals surface area contributed by atoms with Crippen LogP contribution in [0.3, 0.4) is 0 Å². The van der Waals surface area contributed by atoms with Gasteiger partial charge in [0.1, 0.15) is 24.3 Å². The Hall–Kier alpha value is -5.00. The molecular weight excluding hydrogens is 432 g/mol. The lowest BCUT2D eigenvalue weighted by molar-refractivity contribution is 0.846. The van der Waals surface area contributed by atoms with E-state index in [0.29, 0.717) is 34.6 Å². The van der Waals surface area contributed by atoms with Gasteiger partial charge < -0.3 is 11.5 Å². The highest BCUT2D eigenvalue weighted by Crippen LogP contribution is 2.23. The number of fused-ring (bicyclic) bond motifs is 2. The number of rotatable bonds is 2. The normalized spacial score (nSPS) is 10.9. The average Bonchev–Trinajstić information content (AvgIpc) is 3.39. The first-order valence-corrected chi connectivity index (χ1v) is 10.3. The maximum Gasteiger partial charge on any atom is 0.170 e. The topological polar surface area (TPSA) is 165 Å². The Labute approximate surface area is 193 Å². The van der Waals surface area contributed by atoms with Crippen molar-refractivity contribution in [2.24, 2.45) is 0 Å². The van der Waals surface area contributed by atoms with Crippen molar-refractivity contribution in [1.82, 2.24) is 49.5 Å². The molecule has 4 N–H and O–H groups in total. The minimum atomic E-state index is 0.440. The van der Waals surface area contributed by atoms with E-state index in [1.807, 2.05) is 50.2 Å². The molecule has 0 bridgehead atoms. The van der Waals surface area contributed by atoms with Gasteiger partial charge >= 0.3 is 0 Å². The summed E-state index contributed by atoms with van der Waals surface area (Å²) < 4.78 is 3.34. The zero-order valence-corrected chi connectivity index (χ0v) is 18.4. The molecule has 12 nitrogen and oxygen atoms in total. The Balaban J connectivity index is 0.000000142. The van der Waals surface area contributed by atoms with Crippen molar-refractivity contribution in [2.45, 2.75) is 13.8 Å². The van der Waals surface area contributed by atoms with Gasteiger partial charge in [-0.25, -0.2) is 29.9 Å². The van der Waals surface area contributed by atoms with Crippen LogP contribution in [-0.4, -0.2) is 49.5 Å². The van der Waals surface area contributed by atoms with Crippen LogP contribution in [-0.2, 0) is 0 Å². The summed E-state index contributed by atoms with van der Waals surface area (Å²) in [6, 6.07) is 11.2. The van der Waals surface area contributed by atoms with Crippen LogP contribution in [0.4, 0.5) is 11.6 Å². The first-order chi connectivity index (χ1) is 16.5. The predicted octanol–water partition coefficient (Wildman–Crippen LogP) is 2.20. The number of nitrogens with two attached hydrogens (primary N) is 2. The molecule has 0 aliphatic carbocycles. The molecule has 0 spiro atoms. The van der Waals surface area contributed by atoms with Gasteiger partial charge in [-0.1, -0.05) is 12.1 Å². The quantitative estimate of drug-likeness (QED) is 0.398. The number of nitrogens with zero attached hydrogens (tertiary/aromatic N) is 10. The Morgan fingerprint density at radius 2 is 1.03 bits per heavy atom. The molecule has 0 radical (unpaired) electrons. The first-order valence-electron chi connectivity index (χ1n) is 10.3. The van der Waals surface area contributed by atoms with Crippen LogP contribution in [0.25, 0.3) is 33.7 Å². The summed E-state index contributed by atoms with van der Waals surface area (Å²) in [6.45, 7) is 3.75. The van der Waals surface area contributed by atoms with E-state index in [9.17, 15) is 0 Å². The molecule has 0 aromatic carbocycles. The highest BCUT2D eigenvalue weighted by molar-refractivity contribution is 5.89. The lowest BCUT2D eigenvalue weighted by Gasteiger charge is -2.00. The smallest absolute Gasteiger partial charge is 0.170 e. The summed E-state index contributed by atoms with van der Waals surface area (Å²) in [5, 5.41) is 10.3. The second-order valence-electron chi connectivity index (χ2n) is 7.29. The van der Waals surface area contributed by atoms with Gasteiger partial charge in [0, 0.05) is 12.4 Å². The molecule has 0 atom stereocenters. The fourth-order valence-corrected chi connectivity index (χ4v) is 3.57. The van der Waals surface area contributed by atoms with Gasteiger partial charge in [-0.3, -0.25) is 0 Å². The second kappa shape index (κ2) is 8.50. The van der Waals surface area contributed by atoms with Gasteiger partial charge in [-0.05, 0) is 38.1 Å². The van der Waals surface area contributed by atoms with Gasteiger partial charge in [0.15, 0.2) is 22.9 Å². The molecule has 6 aromatic rings. The number of anilines is 2. The lowest BCUT2D eigenvalue weighted by Crippen LogP contribution is -2.00. The van der Waals surface area contributed by atoms with Crippen LogP contribution in [0.15, 0.2) is 61.4 Å². The highest BCUT2D eigenvalue weighted by Gasteiger charge is 2.14. The molecule has 6 heterocycles. The molecule has 6 rings (SSSR count). The summed E-state index contributed by atoms with van der Waals surface area (Å²) in [4.78, 5) is 24.8. The Kier molecular flexibility index (Phi) is 5.22. The summed E-state index contributed by atoms with van der Waals surface area (Å²) in [6.07, 6.45) is 6.28. The molecule has 0 saturated carbocycles. The van der Waals surface area contributed by atoms with Crippen molar-refractivity contribution < 1.29 is 0 Å². The molecule has 34 heavy (non-hydrogen) atoms. The van der Waals surface area contributed by atoms with Crippen molar-refractivity contribution in [3.8, 4) is 11.6 Å². The zero-order valence-electron chi connectivity index (χ0n) is 18.4. The summed E-state index contributed by atoms with van der Waals surface area (Å²) in [5.41, 5.74) is 14.6. The monoisotopic (exact) mass is 452 g/mol. The Morgan fingerprint density at radius 1 is 0.588 bits per heavy atom. The number of aromatic nitrogens is 10. The van der Waals surface area contributed by atoms with E-state index in [0.717, 1.165) is 22.2 Å². The van der Waals surface area contributed by atoms with Gasteiger partial charge in [0.2, 0.25) is 0 Å². The van der Waals surface area contributed by atoms with E-state index in [1.165, 1.54) is 12.7 Å². The van der Waals surface area contributed by atoms with E-state index in [-0.39, 0.29) is 0 Å². The van der Waals surface area contributed by atoms with Crippen LogP contribution in [0, 0.1) is 13.8 Å². The van der Waals surface area contributed by atoms with Crippen LogP contribution in [0.1, 0.15) is 11.4 Å². The highest BCUT2D eigenvalue weighted by atomic mass is 15.3. The Bertz CT molecular complexity index is 1470. The van der Waals surface area contributed by atoms with Crippen LogP contribution in [0.5, 0.6) is 0 Å². The summed E-state index contributed by atoms with van der Waals surface area (Å²) in [7, 11) is 0. The summed E-state index contributed by atoms with van der Waals surface area (Å²) >= 11 is 0. The molecule has 0 fully saturated rings. The SMILES string of the molecule is Cc1nn(-c2ccccn2)c2ncnc(N)c12.Cc1nn(-c2ccccn2)c2ncnc(N)c12. The van der Waals surface area contributed by atoms with E-state index in [2.05, 4.69) is 40.1 Å². The average molecular weight is 452 g/mol. The molecule has 0 amide bonds. The molecule has 0 aliphatic rings. The number of hydrogen-bond donors (Lipinski definition) is 2. The standard InChI is InChI=1S/2C11H10N6/c2*1-7-9-10(12)14-6-15-11(9)17(16-7)8-4-2-3-5-13-8/h2*2-6H,1H3,(H2,12,14,15). The third kappa shape index (κ3) is 3.62. The van der Waals surface area contributed by atoms with Gasteiger partial charge in [-0.15, -0.1) is 0 Å². The summed E-state index contributed by atoms with van der Waals surface area (Å²) in [5.74, 6) is 2.30. The first kappa shape index (κ1) is 20.9. The van der Waals surface area contributed by atoms with Crippen molar-refractivity contribution in [3.05, 3.63) is 72.8 Å². The third-order valence-electron chi connectivity index (χ3n) is 5.07. The maximum atomic E-state index is 5.82. The molecule has 168 valence electrons. The third-order valence-corrected chi connectivity index (χ3v) is 5.07. The number of pyridine rings is 2. The fourth-order valence-electron chi connectivity index (χ4n) is 3.57. The van der Waals surface area contributed by atoms with E-state index < -0.39 is 0 Å². The van der Waals surface area contributed by atoms with Crippen molar-refractivity contribution in [3.63, 3.8) is 0 Å². The molecule has 0 unspecified atom stereocenters. The fraction of sp³-hybridized carbons (Fsp3) is 0.0909. The minimum absolute atomic E-state index is 0.440. The van der Waals surface area contributed by atoms with Gasteiger partial charge in [0.05, 0.1) is 22.2 Å². The van der Waals surface area contributed by atoms with E-state index in [4.69, 9.17) is 11.5 Å². The molecule has 0 aliphatic heterocycles. The lowest BCUT2D eigenvalue weighted by atomic mass is 10.3. The molecule has 6 aromatic heterocycles. The van der Waals surface area contributed by atoms with Crippen molar-refractivity contribution in [1.29, 1.82) is 0 Å². The van der Waals surface area contributed by atoms with E-state index >= 15 is 0 Å². The number of aryl methyl sites for hydroxylation is 2. The minimum Gasteiger partial charge on any atom is -0.383 e. The van der Waals surface area contributed by atoms with Gasteiger partial charge in [0.25, 0.3) is 0 Å². The Morgan fingerprint density at radius 3 is 1.41 bits per heavy atom. The largest absolute Gasteiger partial charge is 0.383 e.